The van der Waals surface area contributed by atoms with Gasteiger partial charge in [-0.05, 0) is 41.5 Å². The van der Waals surface area contributed by atoms with Crippen molar-refractivity contribution in [1.29, 1.82) is 0 Å². The van der Waals surface area contributed by atoms with Crippen LogP contribution in [0, 0.1) is 5.82 Å². The summed E-state index contributed by atoms with van der Waals surface area (Å²) in [6.07, 6.45) is 4.14. The van der Waals surface area contributed by atoms with Gasteiger partial charge in [0.15, 0.2) is 0 Å². The zero-order chi connectivity index (χ0) is 19.1. The number of pyridine rings is 1. The van der Waals surface area contributed by atoms with Crippen LogP contribution in [-0.2, 0) is 0 Å². The van der Waals surface area contributed by atoms with Gasteiger partial charge in [-0.1, -0.05) is 36.4 Å². The Hall–Kier alpha value is -3.86. The van der Waals surface area contributed by atoms with Crippen molar-refractivity contribution in [3.05, 3.63) is 90.6 Å². The second kappa shape index (κ2) is 6.39. The first-order chi connectivity index (χ1) is 13.7. The smallest absolute Gasteiger partial charge is 0.150 e. The summed E-state index contributed by atoms with van der Waals surface area (Å²) in [4.78, 5) is 20.0. The summed E-state index contributed by atoms with van der Waals surface area (Å²) in [5.74, 6) is -0.318. The van der Waals surface area contributed by atoms with Gasteiger partial charge in [0.1, 0.15) is 23.9 Å². The Bertz CT molecular complexity index is 1360. The van der Waals surface area contributed by atoms with Gasteiger partial charge in [-0.3, -0.25) is 14.3 Å². The topological polar surface area (TPSA) is 47.8 Å². The molecule has 0 saturated carbocycles. The molecule has 4 nitrogen and oxygen atoms in total. The minimum absolute atomic E-state index is 0.318. The van der Waals surface area contributed by atoms with E-state index >= 15 is 0 Å². The number of rotatable bonds is 3. The lowest BCUT2D eigenvalue weighted by atomic mass is 10.0. The van der Waals surface area contributed by atoms with Crippen LogP contribution in [0.5, 0.6) is 0 Å². The Labute approximate surface area is 159 Å². The van der Waals surface area contributed by atoms with Crippen LogP contribution in [0.15, 0.2) is 79.3 Å². The number of fused-ring (bicyclic) bond motifs is 3. The summed E-state index contributed by atoms with van der Waals surface area (Å²) in [5.41, 5.74) is 5.21. The van der Waals surface area contributed by atoms with Gasteiger partial charge in [0.2, 0.25) is 0 Å². The number of para-hydroxylation sites is 1. The average Bonchev–Trinajstić information content (AvgIpc) is 3.18. The highest BCUT2D eigenvalue weighted by molar-refractivity contribution is 6.04. The van der Waals surface area contributed by atoms with E-state index in [1.807, 2.05) is 36.4 Å². The highest BCUT2D eigenvalue weighted by Crippen LogP contribution is 2.30. The molecule has 0 atom stereocenters. The van der Waals surface area contributed by atoms with E-state index in [1.54, 1.807) is 41.4 Å². The first kappa shape index (κ1) is 16.3. The number of hydrogen-bond acceptors (Lipinski definition) is 3. The van der Waals surface area contributed by atoms with E-state index in [0.29, 0.717) is 16.8 Å². The predicted molar refractivity (Wildman–Crippen MR) is 107 cm³/mol. The number of halogens is 1. The molecule has 0 saturated heterocycles. The van der Waals surface area contributed by atoms with Crippen LogP contribution in [0.4, 0.5) is 4.39 Å². The van der Waals surface area contributed by atoms with Crippen LogP contribution in [0.3, 0.4) is 0 Å². The first-order valence-electron chi connectivity index (χ1n) is 8.81. The summed E-state index contributed by atoms with van der Waals surface area (Å²) >= 11 is 0. The normalized spacial score (nSPS) is 11.2. The van der Waals surface area contributed by atoms with E-state index in [2.05, 4.69) is 9.97 Å². The first-order valence-corrected chi connectivity index (χ1v) is 8.81. The molecule has 0 unspecified atom stereocenters. The number of carbonyl (C=O) groups excluding carboxylic acids is 1. The van der Waals surface area contributed by atoms with Gasteiger partial charge in [0, 0.05) is 10.9 Å². The van der Waals surface area contributed by atoms with Gasteiger partial charge >= 0.3 is 0 Å². The Balaban J connectivity index is 1.80. The van der Waals surface area contributed by atoms with Crippen LogP contribution in [0.25, 0.3) is 38.8 Å². The second-order valence-electron chi connectivity index (χ2n) is 6.53. The molecule has 0 radical (unpaired) electrons. The van der Waals surface area contributed by atoms with Crippen LogP contribution in [0.2, 0.25) is 0 Å². The molecule has 2 aromatic heterocycles. The number of nitrogens with zero attached hydrogens (tertiary/aromatic N) is 3. The molecule has 5 heteroatoms. The Morgan fingerprint density at radius 2 is 1.71 bits per heavy atom. The van der Waals surface area contributed by atoms with Crippen LogP contribution >= 0.6 is 0 Å². The van der Waals surface area contributed by atoms with E-state index in [9.17, 15) is 9.18 Å². The average molecular weight is 367 g/mol. The number of aromatic nitrogens is 3. The molecule has 0 fully saturated rings. The Morgan fingerprint density at radius 3 is 2.57 bits per heavy atom. The number of imidazole rings is 1. The molecule has 0 bridgehead atoms. The third kappa shape index (κ3) is 2.56. The molecule has 5 aromatic rings. The van der Waals surface area contributed by atoms with Crippen molar-refractivity contribution in [3.63, 3.8) is 0 Å². The van der Waals surface area contributed by atoms with Crippen molar-refractivity contribution in [1.82, 2.24) is 14.5 Å². The number of carbonyl (C=O) groups is 1. The monoisotopic (exact) mass is 367 g/mol. The van der Waals surface area contributed by atoms with Gasteiger partial charge in [0.25, 0.3) is 0 Å². The summed E-state index contributed by atoms with van der Waals surface area (Å²) in [5, 5.41) is 0.868. The molecule has 5 rings (SSSR count). The van der Waals surface area contributed by atoms with Gasteiger partial charge < -0.3 is 0 Å². The summed E-state index contributed by atoms with van der Waals surface area (Å²) in [6, 6.07) is 19.9. The molecule has 0 spiro atoms. The van der Waals surface area contributed by atoms with E-state index in [4.69, 9.17) is 0 Å². The van der Waals surface area contributed by atoms with Crippen LogP contribution in [0.1, 0.15) is 10.4 Å². The Morgan fingerprint density at radius 1 is 0.857 bits per heavy atom. The van der Waals surface area contributed by atoms with Gasteiger partial charge in [-0.25, -0.2) is 9.37 Å². The highest BCUT2D eigenvalue weighted by atomic mass is 19.1. The molecular weight excluding hydrogens is 353 g/mol. The van der Waals surface area contributed by atoms with Gasteiger partial charge in [0.05, 0.1) is 22.9 Å². The number of benzene rings is 3. The van der Waals surface area contributed by atoms with Crippen molar-refractivity contribution >= 4 is 28.2 Å². The second-order valence-corrected chi connectivity index (χ2v) is 6.53. The quantitative estimate of drug-likeness (QED) is 0.412. The molecule has 0 N–H and O–H groups in total. The molecule has 0 aliphatic heterocycles. The van der Waals surface area contributed by atoms with E-state index in [0.717, 1.165) is 33.8 Å². The summed E-state index contributed by atoms with van der Waals surface area (Å²) < 4.78 is 16.2. The van der Waals surface area contributed by atoms with Crippen LogP contribution < -0.4 is 0 Å². The van der Waals surface area contributed by atoms with Crippen molar-refractivity contribution in [2.24, 2.45) is 0 Å². The summed E-state index contributed by atoms with van der Waals surface area (Å²) in [7, 11) is 0. The van der Waals surface area contributed by atoms with Crippen molar-refractivity contribution in [2.75, 3.05) is 0 Å². The van der Waals surface area contributed by atoms with Crippen molar-refractivity contribution in [3.8, 4) is 16.8 Å². The largest absolute Gasteiger partial charge is 0.298 e. The fraction of sp³-hybridized carbons (Fsp3) is 0. The van der Waals surface area contributed by atoms with E-state index < -0.39 is 0 Å². The minimum Gasteiger partial charge on any atom is -0.298 e. The summed E-state index contributed by atoms with van der Waals surface area (Å²) in [6.45, 7) is 0. The fourth-order valence-electron chi connectivity index (χ4n) is 3.49. The molecule has 0 amide bonds. The zero-order valence-electron chi connectivity index (χ0n) is 14.7. The third-order valence-corrected chi connectivity index (χ3v) is 4.84. The standard InChI is InChI=1S/C23H14FN3O/c24-19-6-1-2-7-22(19)27-14-26-21-12-25-20-9-8-17(11-18(20)23(21)27)16-5-3-4-15(10-16)13-28/h1-14H. The van der Waals surface area contributed by atoms with Crippen LogP contribution in [-0.4, -0.2) is 20.8 Å². The van der Waals surface area contributed by atoms with Crippen molar-refractivity contribution in [2.45, 2.75) is 0 Å². The number of hydrogen-bond donors (Lipinski definition) is 0. The molecule has 0 aliphatic carbocycles. The van der Waals surface area contributed by atoms with Gasteiger partial charge in [-0.2, -0.15) is 0 Å². The molecule has 3 aromatic carbocycles. The lowest BCUT2D eigenvalue weighted by Gasteiger charge is -2.09. The lowest BCUT2D eigenvalue weighted by molar-refractivity contribution is 0.112. The number of aldehydes is 1. The minimum atomic E-state index is -0.318. The zero-order valence-corrected chi connectivity index (χ0v) is 14.7. The Kier molecular flexibility index (Phi) is 3.72. The van der Waals surface area contributed by atoms with Crippen molar-refractivity contribution < 1.29 is 9.18 Å². The molecule has 0 aliphatic rings. The highest BCUT2D eigenvalue weighted by Gasteiger charge is 2.13. The SMILES string of the molecule is O=Cc1cccc(-c2ccc3ncc4ncn(-c5ccccc5F)c4c3c2)c1. The predicted octanol–water partition coefficient (Wildman–Crippen LogP) is 5.19. The fourth-order valence-corrected chi connectivity index (χ4v) is 3.49. The molecule has 134 valence electrons. The third-order valence-electron chi connectivity index (χ3n) is 4.84. The maximum Gasteiger partial charge on any atom is 0.150 e. The molecule has 28 heavy (non-hydrogen) atoms. The van der Waals surface area contributed by atoms with E-state index in [1.165, 1.54) is 6.07 Å². The molecular formula is C23H14FN3O. The van der Waals surface area contributed by atoms with E-state index in [-0.39, 0.29) is 5.82 Å². The maximum atomic E-state index is 14.4. The van der Waals surface area contributed by atoms with Gasteiger partial charge in [-0.15, -0.1) is 0 Å². The molecule has 2 heterocycles. The lowest BCUT2D eigenvalue weighted by Crippen LogP contribution is -1.96. The maximum absolute atomic E-state index is 14.4.